The van der Waals surface area contributed by atoms with Crippen molar-refractivity contribution in [1.29, 1.82) is 0 Å². The topological polar surface area (TPSA) is 61.2 Å². The number of nitrogen functional groups attached to an aromatic ring is 1. The zero-order valence-corrected chi connectivity index (χ0v) is 10.3. The number of nitrogens with two attached hydrogens (primary N) is 1. The second kappa shape index (κ2) is 4.33. The van der Waals surface area contributed by atoms with Gasteiger partial charge in [-0.25, -0.2) is 4.98 Å². The van der Waals surface area contributed by atoms with Gasteiger partial charge in [0.25, 0.3) is 0 Å². The van der Waals surface area contributed by atoms with Gasteiger partial charge in [0.1, 0.15) is 11.6 Å². The average molecular weight is 223 g/mol. The molecule has 1 aromatic heterocycles. The molecule has 0 saturated carbocycles. The summed E-state index contributed by atoms with van der Waals surface area (Å²) in [6.07, 6.45) is 2.36. The third kappa shape index (κ3) is 2.14. The molecule has 1 saturated heterocycles. The molecule has 0 radical (unpaired) electrons. The molecule has 0 atom stereocenters. The first-order valence-corrected chi connectivity index (χ1v) is 5.81. The van der Waals surface area contributed by atoms with Crippen LogP contribution in [0.2, 0.25) is 0 Å². The number of hydrogen-bond donors (Lipinski definition) is 2. The van der Waals surface area contributed by atoms with Gasteiger partial charge < -0.3 is 20.5 Å². The lowest BCUT2D eigenvalue weighted by molar-refractivity contribution is 0.249. The van der Waals surface area contributed by atoms with Crippen LogP contribution in [0.3, 0.4) is 0 Å². The maximum Gasteiger partial charge on any atom is 0.171 e. The highest BCUT2D eigenvalue weighted by Crippen LogP contribution is 2.24. The zero-order chi connectivity index (χ0) is 11.7. The molecule has 5 heteroatoms. The maximum atomic E-state index is 5.90. The molecule has 1 aromatic rings. The fraction of sp³-hybridized carbons (Fsp3) is 0.727. The van der Waals surface area contributed by atoms with Crippen molar-refractivity contribution >= 4 is 11.6 Å². The van der Waals surface area contributed by atoms with Crippen molar-refractivity contribution in [2.24, 2.45) is 0 Å². The van der Waals surface area contributed by atoms with Crippen LogP contribution < -0.4 is 10.6 Å². The normalized spacial score (nSPS) is 18.4. The van der Waals surface area contributed by atoms with Gasteiger partial charge in [-0.3, -0.25) is 0 Å². The highest BCUT2D eigenvalue weighted by atomic mass is 15.3. The average Bonchev–Trinajstić information content (AvgIpc) is 2.58. The minimum Gasteiger partial charge on any atom is -0.382 e. The maximum absolute atomic E-state index is 5.90. The molecular weight excluding hydrogens is 202 g/mol. The largest absolute Gasteiger partial charge is 0.382 e. The van der Waals surface area contributed by atoms with E-state index >= 15 is 0 Å². The highest BCUT2D eigenvalue weighted by Gasteiger charge is 2.23. The summed E-state index contributed by atoms with van der Waals surface area (Å²) in [6, 6.07) is 0.692. The zero-order valence-electron chi connectivity index (χ0n) is 10.3. The lowest BCUT2D eigenvalue weighted by atomic mass is 10.0. The smallest absolute Gasteiger partial charge is 0.171 e. The fourth-order valence-corrected chi connectivity index (χ4v) is 2.33. The van der Waals surface area contributed by atoms with Crippen molar-refractivity contribution < 1.29 is 0 Å². The van der Waals surface area contributed by atoms with Crippen LogP contribution >= 0.6 is 0 Å². The van der Waals surface area contributed by atoms with Crippen molar-refractivity contribution in [3.05, 3.63) is 5.82 Å². The van der Waals surface area contributed by atoms with Gasteiger partial charge in [0.15, 0.2) is 5.82 Å². The molecule has 0 aliphatic carbocycles. The summed E-state index contributed by atoms with van der Waals surface area (Å²) in [6.45, 7) is 4.01. The number of nitrogens with zero attached hydrogens (tertiary/aromatic N) is 3. The molecule has 16 heavy (non-hydrogen) atoms. The molecule has 0 aromatic carbocycles. The van der Waals surface area contributed by atoms with Crippen LogP contribution in [-0.4, -0.2) is 48.1 Å². The van der Waals surface area contributed by atoms with Crippen LogP contribution in [0.25, 0.3) is 0 Å². The van der Waals surface area contributed by atoms with E-state index in [0.29, 0.717) is 11.9 Å². The third-order valence-electron chi connectivity index (χ3n) is 3.32. The quantitative estimate of drug-likeness (QED) is 0.779. The van der Waals surface area contributed by atoms with Crippen LogP contribution in [0.5, 0.6) is 0 Å². The monoisotopic (exact) mass is 223 g/mol. The minimum absolute atomic E-state index is 0.692. The number of rotatable bonds is 2. The van der Waals surface area contributed by atoms with Gasteiger partial charge in [-0.1, -0.05) is 0 Å². The predicted molar refractivity (Wildman–Crippen MR) is 66.7 cm³/mol. The molecule has 0 bridgehead atoms. The van der Waals surface area contributed by atoms with E-state index in [9.17, 15) is 0 Å². The van der Waals surface area contributed by atoms with E-state index in [0.717, 1.165) is 24.7 Å². The molecule has 5 nitrogen and oxygen atoms in total. The molecule has 0 spiro atoms. The molecule has 90 valence electrons. The molecule has 1 fully saturated rings. The first-order chi connectivity index (χ1) is 7.58. The molecule has 0 unspecified atom stereocenters. The van der Waals surface area contributed by atoms with Crippen LogP contribution in [-0.2, 0) is 0 Å². The van der Waals surface area contributed by atoms with E-state index in [4.69, 9.17) is 5.73 Å². The lowest BCUT2D eigenvalue weighted by Crippen LogP contribution is -2.42. The van der Waals surface area contributed by atoms with Crippen molar-refractivity contribution in [3.8, 4) is 0 Å². The van der Waals surface area contributed by atoms with Crippen molar-refractivity contribution in [2.45, 2.75) is 25.8 Å². The van der Waals surface area contributed by atoms with E-state index in [-0.39, 0.29) is 0 Å². The molecular formula is C11H21N5. The van der Waals surface area contributed by atoms with Gasteiger partial charge in [0.2, 0.25) is 0 Å². The summed E-state index contributed by atoms with van der Waals surface area (Å²) in [7, 11) is 4.29. The predicted octanol–water partition coefficient (Wildman–Crippen LogP) is 0.831. The Morgan fingerprint density at radius 2 is 2.00 bits per heavy atom. The number of imidazole rings is 1. The molecule has 1 aliphatic heterocycles. The lowest BCUT2D eigenvalue weighted by Gasteiger charge is -2.35. The Kier molecular flexibility index (Phi) is 3.05. The van der Waals surface area contributed by atoms with Gasteiger partial charge >= 0.3 is 0 Å². The van der Waals surface area contributed by atoms with Gasteiger partial charge in [-0.05, 0) is 33.9 Å². The molecule has 3 N–H and O–H groups in total. The van der Waals surface area contributed by atoms with Gasteiger partial charge in [-0.15, -0.1) is 0 Å². The van der Waals surface area contributed by atoms with E-state index in [1.54, 1.807) is 0 Å². The van der Waals surface area contributed by atoms with Crippen molar-refractivity contribution in [1.82, 2.24) is 14.9 Å². The number of H-pyrrole nitrogens is 1. The highest BCUT2D eigenvalue weighted by molar-refractivity contribution is 5.59. The van der Waals surface area contributed by atoms with Crippen LogP contribution in [0.15, 0.2) is 0 Å². The summed E-state index contributed by atoms with van der Waals surface area (Å²) >= 11 is 0. The number of aromatic nitrogens is 2. The van der Waals surface area contributed by atoms with Gasteiger partial charge in [0, 0.05) is 19.1 Å². The molecule has 2 heterocycles. The Bertz CT molecular complexity index is 349. The number of hydrogen-bond acceptors (Lipinski definition) is 4. The SMILES string of the molecule is Cc1nc(N2CCC(N(C)C)CC2)c(N)[nH]1. The summed E-state index contributed by atoms with van der Waals surface area (Å²) in [4.78, 5) is 12.1. The molecule has 2 rings (SSSR count). The standard InChI is InChI=1S/C11H21N5/c1-8-13-10(12)11(14-8)16-6-4-9(5-7-16)15(2)3/h9H,4-7,12H2,1-3H3,(H,13,14). The Hall–Kier alpha value is -1.23. The summed E-state index contributed by atoms with van der Waals surface area (Å²) in [5.41, 5.74) is 5.90. The summed E-state index contributed by atoms with van der Waals surface area (Å²) in [5, 5.41) is 0. The summed E-state index contributed by atoms with van der Waals surface area (Å²) in [5.74, 6) is 2.51. The number of nitrogens with one attached hydrogen (secondary N) is 1. The Morgan fingerprint density at radius 3 is 2.44 bits per heavy atom. The van der Waals surface area contributed by atoms with E-state index < -0.39 is 0 Å². The second-order valence-electron chi connectivity index (χ2n) is 4.74. The van der Waals surface area contributed by atoms with Crippen molar-refractivity contribution in [3.63, 3.8) is 0 Å². The number of aromatic amines is 1. The van der Waals surface area contributed by atoms with E-state index in [1.807, 2.05) is 6.92 Å². The molecule has 1 aliphatic rings. The Morgan fingerprint density at radius 1 is 1.38 bits per heavy atom. The summed E-state index contributed by atoms with van der Waals surface area (Å²) < 4.78 is 0. The van der Waals surface area contributed by atoms with Gasteiger partial charge in [-0.2, -0.15) is 0 Å². The van der Waals surface area contributed by atoms with Crippen LogP contribution in [0.1, 0.15) is 18.7 Å². The number of anilines is 2. The van der Waals surface area contributed by atoms with Crippen LogP contribution in [0.4, 0.5) is 11.6 Å². The minimum atomic E-state index is 0.692. The number of piperidine rings is 1. The Balaban J connectivity index is 2.01. The second-order valence-corrected chi connectivity index (χ2v) is 4.74. The van der Waals surface area contributed by atoms with E-state index in [1.165, 1.54) is 12.8 Å². The fourth-order valence-electron chi connectivity index (χ4n) is 2.33. The van der Waals surface area contributed by atoms with E-state index in [2.05, 4.69) is 33.9 Å². The first kappa shape index (κ1) is 11.3. The first-order valence-electron chi connectivity index (χ1n) is 5.81. The third-order valence-corrected chi connectivity index (χ3v) is 3.32. The van der Waals surface area contributed by atoms with Gasteiger partial charge in [0.05, 0.1) is 0 Å². The van der Waals surface area contributed by atoms with Crippen LogP contribution in [0, 0.1) is 6.92 Å². The Labute approximate surface area is 96.6 Å². The number of aryl methyl sites for hydroxylation is 1. The molecule has 0 amide bonds. The van der Waals surface area contributed by atoms with Crippen molar-refractivity contribution in [2.75, 3.05) is 37.8 Å².